The van der Waals surface area contributed by atoms with Crippen LogP contribution in [0.3, 0.4) is 0 Å². The zero-order valence-corrected chi connectivity index (χ0v) is 17.2. The molecule has 146 valence electrons. The topological polar surface area (TPSA) is 49.9 Å². The molecular weight excluding hydrogens is 399 g/mol. The minimum absolute atomic E-state index is 0.234. The maximum absolute atomic E-state index is 13.2. The van der Waals surface area contributed by atoms with Gasteiger partial charge in [0.05, 0.1) is 11.7 Å². The van der Waals surface area contributed by atoms with E-state index in [0.29, 0.717) is 15.6 Å². The van der Waals surface area contributed by atoms with Crippen molar-refractivity contribution in [2.45, 2.75) is 39.0 Å². The minimum atomic E-state index is -0.869. The highest BCUT2D eigenvalue weighted by Gasteiger charge is 2.60. The van der Waals surface area contributed by atoms with Gasteiger partial charge in [-0.15, -0.1) is 0 Å². The Kier molecular flexibility index (Phi) is 4.86. The van der Waals surface area contributed by atoms with Crippen LogP contribution in [0.15, 0.2) is 42.5 Å². The molecule has 2 aliphatic rings. The van der Waals surface area contributed by atoms with E-state index in [2.05, 4.69) is 0 Å². The molecule has 0 aliphatic carbocycles. The SMILES string of the molecule is Cc1ccccc1N1OC2C(=O)N(C(C)C)C(=O)C2C1c1ccc(Cl)cc1Cl. The van der Waals surface area contributed by atoms with Crippen LogP contribution in [0.4, 0.5) is 5.69 Å². The van der Waals surface area contributed by atoms with Crippen molar-refractivity contribution in [1.29, 1.82) is 0 Å². The van der Waals surface area contributed by atoms with E-state index in [1.165, 1.54) is 4.90 Å². The number of benzene rings is 2. The predicted molar refractivity (Wildman–Crippen MR) is 108 cm³/mol. The van der Waals surface area contributed by atoms with Crippen molar-refractivity contribution < 1.29 is 14.4 Å². The van der Waals surface area contributed by atoms with E-state index in [4.69, 9.17) is 28.0 Å². The molecule has 2 amide bonds. The van der Waals surface area contributed by atoms with E-state index >= 15 is 0 Å². The van der Waals surface area contributed by atoms with Gasteiger partial charge in [-0.25, -0.2) is 5.06 Å². The largest absolute Gasteiger partial charge is 0.277 e. The van der Waals surface area contributed by atoms with E-state index in [0.717, 1.165) is 11.3 Å². The summed E-state index contributed by atoms with van der Waals surface area (Å²) in [4.78, 5) is 33.5. The number of amides is 2. The molecule has 2 heterocycles. The van der Waals surface area contributed by atoms with Gasteiger partial charge in [-0.1, -0.05) is 47.5 Å². The molecule has 4 rings (SSSR count). The van der Waals surface area contributed by atoms with E-state index in [-0.39, 0.29) is 17.9 Å². The predicted octanol–water partition coefficient (Wildman–Crippen LogP) is 4.56. The maximum atomic E-state index is 13.2. The van der Waals surface area contributed by atoms with Gasteiger partial charge in [-0.3, -0.25) is 19.3 Å². The molecule has 0 N–H and O–H groups in total. The van der Waals surface area contributed by atoms with Crippen LogP contribution in [0.1, 0.15) is 31.0 Å². The van der Waals surface area contributed by atoms with E-state index in [1.54, 1.807) is 23.3 Å². The molecule has 5 nitrogen and oxygen atoms in total. The summed E-state index contributed by atoms with van der Waals surface area (Å²) in [7, 11) is 0. The number of carbonyl (C=O) groups excluding carboxylic acids is 2. The van der Waals surface area contributed by atoms with Crippen molar-refractivity contribution >= 4 is 40.7 Å². The number of imide groups is 1. The second-order valence-electron chi connectivity index (χ2n) is 7.41. The van der Waals surface area contributed by atoms with Crippen LogP contribution < -0.4 is 5.06 Å². The summed E-state index contributed by atoms with van der Waals surface area (Å²) in [5.74, 6) is -1.22. The number of hydrogen-bond donors (Lipinski definition) is 0. The lowest BCUT2D eigenvalue weighted by atomic mass is 9.90. The first-order valence-corrected chi connectivity index (χ1v) is 9.90. The number of likely N-dealkylation sites (tertiary alicyclic amines) is 1. The number of para-hydroxylation sites is 1. The normalized spacial score (nSPS) is 24.4. The summed E-state index contributed by atoms with van der Waals surface area (Å²) in [6.07, 6.45) is -0.869. The van der Waals surface area contributed by atoms with Crippen LogP contribution >= 0.6 is 23.2 Å². The van der Waals surface area contributed by atoms with E-state index in [1.807, 2.05) is 45.0 Å². The van der Waals surface area contributed by atoms with Crippen molar-refractivity contribution in [1.82, 2.24) is 4.90 Å². The van der Waals surface area contributed by atoms with Crippen LogP contribution in [-0.4, -0.2) is 28.9 Å². The van der Waals surface area contributed by atoms with E-state index in [9.17, 15) is 9.59 Å². The van der Waals surface area contributed by atoms with Crippen molar-refractivity contribution in [2.24, 2.45) is 5.92 Å². The van der Waals surface area contributed by atoms with Crippen LogP contribution in [0.25, 0.3) is 0 Å². The second kappa shape index (κ2) is 7.07. The Morgan fingerprint density at radius 3 is 2.39 bits per heavy atom. The molecule has 28 heavy (non-hydrogen) atoms. The monoisotopic (exact) mass is 418 g/mol. The highest BCUT2D eigenvalue weighted by molar-refractivity contribution is 6.35. The zero-order valence-electron chi connectivity index (χ0n) is 15.7. The van der Waals surface area contributed by atoms with Gasteiger partial charge < -0.3 is 0 Å². The van der Waals surface area contributed by atoms with E-state index < -0.39 is 18.1 Å². The number of hydroxylamine groups is 1. The van der Waals surface area contributed by atoms with Gasteiger partial charge in [0, 0.05) is 16.1 Å². The summed E-state index contributed by atoms with van der Waals surface area (Å²) >= 11 is 12.6. The van der Waals surface area contributed by atoms with Gasteiger partial charge in [-0.05, 0) is 50.1 Å². The second-order valence-corrected chi connectivity index (χ2v) is 8.26. The van der Waals surface area contributed by atoms with Crippen LogP contribution in [0, 0.1) is 12.8 Å². The molecule has 7 heteroatoms. The number of halogens is 2. The number of fused-ring (bicyclic) bond motifs is 1. The zero-order chi connectivity index (χ0) is 20.2. The maximum Gasteiger partial charge on any atom is 0.262 e. The molecule has 2 aliphatic heterocycles. The number of hydrogen-bond acceptors (Lipinski definition) is 4. The van der Waals surface area contributed by atoms with Gasteiger partial charge in [0.2, 0.25) is 5.91 Å². The quantitative estimate of drug-likeness (QED) is 0.685. The van der Waals surface area contributed by atoms with Gasteiger partial charge in [0.25, 0.3) is 5.91 Å². The standard InChI is InChI=1S/C21H20Cl2N2O3/c1-11(2)24-20(26)17-18(14-9-8-13(22)10-15(14)23)25(28-19(17)21(24)27)16-7-5-4-6-12(16)3/h4-11,17-19H,1-3H3. The lowest BCUT2D eigenvalue weighted by molar-refractivity contribution is -0.145. The van der Waals surface area contributed by atoms with Gasteiger partial charge in [0.15, 0.2) is 6.10 Å². The first kappa shape index (κ1) is 19.2. The lowest BCUT2D eigenvalue weighted by Crippen LogP contribution is -2.41. The highest BCUT2D eigenvalue weighted by atomic mass is 35.5. The molecule has 0 radical (unpaired) electrons. The number of rotatable bonds is 3. The molecule has 2 aromatic rings. The number of anilines is 1. The molecule has 0 bridgehead atoms. The third-order valence-electron chi connectivity index (χ3n) is 5.30. The molecule has 2 fully saturated rings. The Balaban J connectivity index is 1.86. The fourth-order valence-corrected chi connectivity index (χ4v) is 4.54. The molecule has 0 saturated carbocycles. The summed E-state index contributed by atoms with van der Waals surface area (Å²) in [5.41, 5.74) is 2.47. The number of nitrogens with zero attached hydrogens (tertiary/aromatic N) is 2. The van der Waals surface area contributed by atoms with Crippen molar-refractivity contribution in [3.05, 3.63) is 63.6 Å². The van der Waals surface area contributed by atoms with Gasteiger partial charge in [0.1, 0.15) is 5.92 Å². The van der Waals surface area contributed by atoms with Crippen LogP contribution in [0.5, 0.6) is 0 Å². The summed E-state index contributed by atoms with van der Waals surface area (Å²) in [6.45, 7) is 5.60. The van der Waals surface area contributed by atoms with Crippen molar-refractivity contribution in [3.63, 3.8) is 0 Å². The van der Waals surface area contributed by atoms with Gasteiger partial charge in [-0.2, -0.15) is 0 Å². The smallest absolute Gasteiger partial charge is 0.262 e. The third kappa shape index (κ3) is 2.89. The fourth-order valence-electron chi connectivity index (χ4n) is 4.02. The minimum Gasteiger partial charge on any atom is -0.277 e. The Morgan fingerprint density at radius 1 is 1.04 bits per heavy atom. The van der Waals surface area contributed by atoms with Crippen LogP contribution in [0.2, 0.25) is 10.0 Å². The molecule has 0 spiro atoms. The number of carbonyl (C=O) groups is 2. The Bertz CT molecular complexity index is 962. The molecule has 2 aromatic carbocycles. The molecule has 0 aromatic heterocycles. The fraction of sp³-hybridized carbons (Fsp3) is 0.333. The Hall–Kier alpha value is -2.08. The van der Waals surface area contributed by atoms with Crippen LogP contribution in [-0.2, 0) is 14.4 Å². The van der Waals surface area contributed by atoms with Crippen molar-refractivity contribution in [3.8, 4) is 0 Å². The summed E-state index contributed by atoms with van der Waals surface area (Å²) < 4.78 is 0. The van der Waals surface area contributed by atoms with Gasteiger partial charge >= 0.3 is 0 Å². The summed E-state index contributed by atoms with van der Waals surface area (Å²) in [6, 6.07) is 12.1. The molecule has 3 unspecified atom stereocenters. The highest BCUT2D eigenvalue weighted by Crippen LogP contribution is 2.49. The molecule has 3 atom stereocenters. The Labute approximate surface area is 173 Å². The lowest BCUT2D eigenvalue weighted by Gasteiger charge is -2.31. The molecule has 2 saturated heterocycles. The average Bonchev–Trinajstić information content (AvgIpc) is 3.12. The first-order valence-electron chi connectivity index (χ1n) is 9.14. The Morgan fingerprint density at radius 2 is 1.75 bits per heavy atom. The average molecular weight is 419 g/mol. The first-order chi connectivity index (χ1) is 13.3. The summed E-state index contributed by atoms with van der Waals surface area (Å²) in [5, 5.41) is 2.60. The van der Waals surface area contributed by atoms with Crippen molar-refractivity contribution in [2.75, 3.05) is 5.06 Å². The third-order valence-corrected chi connectivity index (χ3v) is 5.86. The molecular formula is C21H20Cl2N2O3. The number of aryl methyl sites for hydroxylation is 1.